The number of H-pyrrole nitrogens is 1. The molecular weight excluding hydrogens is 354 g/mol. The van der Waals surface area contributed by atoms with Crippen LogP contribution in [0, 0.1) is 0 Å². The zero-order valence-corrected chi connectivity index (χ0v) is 16.4. The van der Waals surface area contributed by atoms with Crippen LogP contribution in [0.2, 0.25) is 0 Å². The predicted molar refractivity (Wildman–Crippen MR) is 106 cm³/mol. The molecule has 0 bridgehead atoms. The minimum atomic E-state index is -0.392. The molecule has 0 saturated carbocycles. The highest BCUT2D eigenvalue weighted by Gasteiger charge is 2.46. The van der Waals surface area contributed by atoms with E-state index < -0.39 is 5.54 Å². The number of nitrogens with zero attached hydrogens (tertiary/aromatic N) is 2. The smallest absolute Gasteiger partial charge is 0.273 e. The quantitative estimate of drug-likeness (QED) is 0.719. The lowest BCUT2D eigenvalue weighted by molar-refractivity contribution is 0.0546. The van der Waals surface area contributed by atoms with Gasteiger partial charge in [-0.25, -0.2) is 0 Å². The van der Waals surface area contributed by atoms with Crippen molar-refractivity contribution in [2.75, 3.05) is 7.11 Å². The minimum Gasteiger partial charge on any atom is -0.508 e. The second kappa shape index (κ2) is 6.41. The molecule has 0 radical (unpaired) electrons. The number of benzene rings is 2. The number of aromatic nitrogens is 2. The van der Waals surface area contributed by atoms with Crippen molar-refractivity contribution in [3.8, 4) is 22.8 Å². The van der Waals surface area contributed by atoms with Gasteiger partial charge in [-0.15, -0.1) is 0 Å². The van der Waals surface area contributed by atoms with Gasteiger partial charge >= 0.3 is 0 Å². The number of phenolic OH excluding ortho intramolecular Hbond substituents is 1. The van der Waals surface area contributed by atoms with E-state index in [9.17, 15) is 9.90 Å². The van der Waals surface area contributed by atoms with Crippen LogP contribution in [0.1, 0.15) is 48.4 Å². The average molecular weight is 377 g/mol. The molecule has 1 unspecified atom stereocenters. The number of carbonyl (C=O) groups is 1. The van der Waals surface area contributed by atoms with Crippen LogP contribution in [0.4, 0.5) is 0 Å². The van der Waals surface area contributed by atoms with Crippen molar-refractivity contribution in [2.45, 2.75) is 32.4 Å². The van der Waals surface area contributed by atoms with Crippen LogP contribution in [-0.2, 0) is 0 Å². The number of carbonyl (C=O) groups excluding carboxylic acids is 1. The van der Waals surface area contributed by atoms with E-state index in [-0.39, 0.29) is 17.7 Å². The molecular formula is C22H23N3O3. The first kappa shape index (κ1) is 18.1. The van der Waals surface area contributed by atoms with Crippen LogP contribution in [0.3, 0.4) is 0 Å². The summed E-state index contributed by atoms with van der Waals surface area (Å²) in [7, 11) is 1.63. The van der Waals surface area contributed by atoms with Crippen molar-refractivity contribution in [1.29, 1.82) is 0 Å². The maximum absolute atomic E-state index is 13.2. The highest BCUT2D eigenvalue weighted by molar-refractivity contribution is 6.00. The largest absolute Gasteiger partial charge is 0.508 e. The number of aromatic hydroxyl groups is 1. The van der Waals surface area contributed by atoms with Gasteiger partial charge in [-0.05, 0) is 62.7 Å². The number of fused-ring (bicyclic) bond motifs is 1. The predicted octanol–water partition coefficient (Wildman–Crippen LogP) is 4.13. The summed E-state index contributed by atoms with van der Waals surface area (Å²) in [5.41, 5.74) is 3.56. The Morgan fingerprint density at radius 1 is 1.07 bits per heavy atom. The standard InChI is InChI=1S/C22H23N3O3/c1-22(2,3)25-20(14-5-9-15(26)10-6-14)17-18(23-24-19(17)21(25)27)13-7-11-16(28-4)12-8-13/h5-12,20,26H,1-4H3,(H,23,24). The average Bonchev–Trinajstić information content (AvgIpc) is 3.21. The maximum Gasteiger partial charge on any atom is 0.273 e. The van der Waals surface area contributed by atoms with Gasteiger partial charge in [-0.3, -0.25) is 9.89 Å². The summed E-state index contributed by atoms with van der Waals surface area (Å²) in [6, 6.07) is 14.3. The molecule has 1 aliphatic rings. The lowest BCUT2D eigenvalue weighted by Crippen LogP contribution is -2.44. The van der Waals surface area contributed by atoms with E-state index in [1.165, 1.54) is 0 Å². The molecule has 2 heterocycles. The van der Waals surface area contributed by atoms with E-state index in [2.05, 4.69) is 10.2 Å². The molecule has 0 fully saturated rings. The van der Waals surface area contributed by atoms with Crippen LogP contribution in [-0.4, -0.2) is 38.8 Å². The van der Waals surface area contributed by atoms with Crippen LogP contribution in [0.15, 0.2) is 48.5 Å². The van der Waals surface area contributed by atoms with Crippen LogP contribution < -0.4 is 4.74 Å². The molecule has 144 valence electrons. The zero-order chi connectivity index (χ0) is 20.1. The van der Waals surface area contributed by atoms with Gasteiger partial charge in [0.25, 0.3) is 5.91 Å². The summed E-state index contributed by atoms with van der Waals surface area (Å²) in [6.45, 7) is 6.06. The number of methoxy groups -OCH3 is 1. The van der Waals surface area contributed by atoms with E-state index in [1.54, 1.807) is 19.2 Å². The summed E-state index contributed by atoms with van der Waals surface area (Å²) in [6.07, 6.45) is 0. The lowest BCUT2D eigenvalue weighted by atomic mass is 9.93. The molecule has 0 spiro atoms. The first-order valence-corrected chi connectivity index (χ1v) is 9.16. The fourth-order valence-electron chi connectivity index (χ4n) is 3.78. The molecule has 0 aliphatic carbocycles. The molecule has 2 aromatic carbocycles. The van der Waals surface area contributed by atoms with Gasteiger partial charge in [0.15, 0.2) is 0 Å². The molecule has 1 atom stereocenters. The third kappa shape index (κ3) is 2.81. The number of hydrogen-bond acceptors (Lipinski definition) is 4. The van der Waals surface area contributed by atoms with Gasteiger partial charge in [0.1, 0.15) is 17.2 Å². The van der Waals surface area contributed by atoms with Gasteiger partial charge in [-0.1, -0.05) is 12.1 Å². The van der Waals surface area contributed by atoms with E-state index in [1.807, 2.05) is 62.1 Å². The molecule has 4 rings (SSSR count). The molecule has 1 aromatic heterocycles. The van der Waals surface area contributed by atoms with E-state index in [4.69, 9.17) is 4.74 Å². The Kier molecular flexibility index (Phi) is 4.14. The Hall–Kier alpha value is -3.28. The monoisotopic (exact) mass is 377 g/mol. The first-order chi connectivity index (χ1) is 13.3. The van der Waals surface area contributed by atoms with Crippen LogP contribution in [0.25, 0.3) is 11.3 Å². The number of nitrogens with one attached hydrogen (secondary N) is 1. The lowest BCUT2D eigenvalue weighted by Gasteiger charge is -2.37. The highest BCUT2D eigenvalue weighted by atomic mass is 16.5. The molecule has 1 aliphatic heterocycles. The van der Waals surface area contributed by atoms with Crippen molar-refractivity contribution < 1.29 is 14.6 Å². The molecule has 6 nitrogen and oxygen atoms in total. The first-order valence-electron chi connectivity index (χ1n) is 9.16. The van der Waals surface area contributed by atoms with Crippen molar-refractivity contribution in [3.05, 3.63) is 65.4 Å². The number of amides is 1. The second-order valence-corrected chi connectivity index (χ2v) is 7.93. The number of ether oxygens (including phenoxy) is 1. The number of hydrogen-bond donors (Lipinski definition) is 2. The summed E-state index contributed by atoms with van der Waals surface area (Å²) in [5, 5.41) is 17.1. The summed E-state index contributed by atoms with van der Waals surface area (Å²) >= 11 is 0. The topological polar surface area (TPSA) is 78.5 Å². The molecule has 2 N–H and O–H groups in total. The fraction of sp³-hybridized carbons (Fsp3) is 0.273. The van der Waals surface area contributed by atoms with Crippen LogP contribution >= 0.6 is 0 Å². The zero-order valence-electron chi connectivity index (χ0n) is 16.4. The van der Waals surface area contributed by atoms with E-state index >= 15 is 0 Å². The second-order valence-electron chi connectivity index (χ2n) is 7.93. The van der Waals surface area contributed by atoms with Gasteiger partial charge < -0.3 is 14.7 Å². The third-order valence-electron chi connectivity index (χ3n) is 5.06. The van der Waals surface area contributed by atoms with Crippen molar-refractivity contribution in [2.24, 2.45) is 0 Å². The summed E-state index contributed by atoms with van der Waals surface area (Å²) in [4.78, 5) is 15.1. The third-order valence-corrected chi connectivity index (χ3v) is 5.06. The summed E-state index contributed by atoms with van der Waals surface area (Å²) in [5.74, 6) is 0.879. The molecule has 28 heavy (non-hydrogen) atoms. The molecule has 6 heteroatoms. The fourth-order valence-corrected chi connectivity index (χ4v) is 3.78. The Labute approximate surface area is 163 Å². The Morgan fingerprint density at radius 3 is 2.29 bits per heavy atom. The molecule has 3 aromatic rings. The van der Waals surface area contributed by atoms with Gasteiger partial charge in [0.2, 0.25) is 0 Å². The molecule has 1 amide bonds. The van der Waals surface area contributed by atoms with Crippen molar-refractivity contribution in [1.82, 2.24) is 15.1 Å². The number of rotatable bonds is 3. The summed E-state index contributed by atoms with van der Waals surface area (Å²) < 4.78 is 5.25. The van der Waals surface area contributed by atoms with Crippen molar-refractivity contribution in [3.63, 3.8) is 0 Å². The SMILES string of the molecule is COc1ccc(-c2n[nH]c3c2C(c2ccc(O)cc2)N(C(C)(C)C)C3=O)cc1. The van der Waals surface area contributed by atoms with Crippen molar-refractivity contribution >= 4 is 5.91 Å². The Balaban J connectivity index is 1.90. The Bertz CT molecular complexity index is 1010. The van der Waals surface area contributed by atoms with Gasteiger partial charge in [-0.2, -0.15) is 5.10 Å². The van der Waals surface area contributed by atoms with Gasteiger partial charge in [0, 0.05) is 16.7 Å². The van der Waals surface area contributed by atoms with Crippen LogP contribution in [0.5, 0.6) is 11.5 Å². The minimum absolute atomic E-state index is 0.0761. The maximum atomic E-state index is 13.2. The number of aromatic amines is 1. The van der Waals surface area contributed by atoms with Gasteiger partial charge in [0.05, 0.1) is 18.8 Å². The van der Waals surface area contributed by atoms with E-state index in [0.717, 1.165) is 28.1 Å². The highest BCUT2D eigenvalue weighted by Crippen LogP contribution is 2.46. The Morgan fingerprint density at radius 2 is 1.71 bits per heavy atom. The van der Waals surface area contributed by atoms with E-state index in [0.29, 0.717) is 5.69 Å². The molecule has 0 saturated heterocycles. The number of phenols is 1. The normalized spacial score (nSPS) is 16.4.